The van der Waals surface area contributed by atoms with Gasteiger partial charge in [0.2, 0.25) is 0 Å². The third kappa shape index (κ3) is 2.61. The molecule has 1 unspecified atom stereocenters. The standard InChI is InChI=1S/C13H21N5/c1-9(13-10(2)17-18(4)11(13)3)14-6-5-12-15-7-8-16-12/h7-9,14H,5-6H2,1-4H3,(H,15,16). The quantitative estimate of drug-likeness (QED) is 0.844. The Hall–Kier alpha value is -1.62. The highest BCUT2D eigenvalue weighted by atomic mass is 15.3. The lowest BCUT2D eigenvalue weighted by Gasteiger charge is -2.14. The predicted octanol–water partition coefficient (Wildman–Crippen LogP) is 1.65. The van der Waals surface area contributed by atoms with Crippen LogP contribution in [0.1, 0.15) is 35.7 Å². The van der Waals surface area contributed by atoms with E-state index in [9.17, 15) is 0 Å². The Morgan fingerprint density at radius 3 is 2.78 bits per heavy atom. The molecule has 0 fully saturated rings. The van der Waals surface area contributed by atoms with Crippen LogP contribution in [0, 0.1) is 13.8 Å². The van der Waals surface area contributed by atoms with Crippen molar-refractivity contribution in [2.45, 2.75) is 33.2 Å². The lowest BCUT2D eigenvalue weighted by Crippen LogP contribution is -2.22. The van der Waals surface area contributed by atoms with Crippen LogP contribution in [0.25, 0.3) is 0 Å². The number of imidazole rings is 1. The second-order valence-electron chi connectivity index (χ2n) is 4.67. The molecule has 1 atom stereocenters. The Morgan fingerprint density at radius 2 is 2.22 bits per heavy atom. The average Bonchev–Trinajstić information content (AvgIpc) is 2.89. The number of aromatic amines is 1. The average molecular weight is 247 g/mol. The molecular weight excluding hydrogens is 226 g/mol. The summed E-state index contributed by atoms with van der Waals surface area (Å²) >= 11 is 0. The van der Waals surface area contributed by atoms with Crippen molar-refractivity contribution < 1.29 is 0 Å². The SMILES string of the molecule is Cc1nn(C)c(C)c1C(C)NCCc1ncc[nH]1. The van der Waals surface area contributed by atoms with Gasteiger partial charge < -0.3 is 10.3 Å². The topological polar surface area (TPSA) is 58.5 Å². The fourth-order valence-electron chi connectivity index (χ4n) is 2.36. The first-order valence-corrected chi connectivity index (χ1v) is 6.31. The van der Waals surface area contributed by atoms with Gasteiger partial charge in [-0.05, 0) is 20.8 Å². The Balaban J connectivity index is 1.93. The molecule has 0 saturated heterocycles. The summed E-state index contributed by atoms with van der Waals surface area (Å²) in [5.74, 6) is 1.02. The summed E-state index contributed by atoms with van der Waals surface area (Å²) in [6.45, 7) is 7.26. The van der Waals surface area contributed by atoms with Crippen molar-refractivity contribution in [2.24, 2.45) is 7.05 Å². The fourth-order valence-corrected chi connectivity index (χ4v) is 2.36. The Labute approximate surface area is 108 Å². The van der Waals surface area contributed by atoms with E-state index in [2.05, 4.69) is 41.2 Å². The molecule has 0 amide bonds. The molecule has 2 N–H and O–H groups in total. The number of aryl methyl sites for hydroxylation is 2. The van der Waals surface area contributed by atoms with Gasteiger partial charge in [-0.25, -0.2) is 4.98 Å². The van der Waals surface area contributed by atoms with E-state index in [-0.39, 0.29) is 0 Å². The minimum atomic E-state index is 0.314. The van der Waals surface area contributed by atoms with E-state index in [1.165, 1.54) is 11.3 Å². The van der Waals surface area contributed by atoms with Crippen LogP contribution in [0.2, 0.25) is 0 Å². The molecule has 5 heteroatoms. The van der Waals surface area contributed by atoms with Crippen molar-refractivity contribution in [1.82, 2.24) is 25.1 Å². The Bertz CT molecular complexity index is 498. The van der Waals surface area contributed by atoms with Crippen LogP contribution in [-0.2, 0) is 13.5 Å². The molecule has 0 saturated carbocycles. The van der Waals surface area contributed by atoms with Crippen molar-refractivity contribution in [3.05, 3.63) is 35.2 Å². The van der Waals surface area contributed by atoms with Gasteiger partial charge in [-0.2, -0.15) is 5.10 Å². The second-order valence-corrected chi connectivity index (χ2v) is 4.67. The van der Waals surface area contributed by atoms with Crippen LogP contribution in [0.5, 0.6) is 0 Å². The molecule has 0 spiro atoms. The summed E-state index contributed by atoms with van der Waals surface area (Å²) in [7, 11) is 1.99. The zero-order valence-corrected chi connectivity index (χ0v) is 11.5. The van der Waals surface area contributed by atoms with Gasteiger partial charge >= 0.3 is 0 Å². The lowest BCUT2D eigenvalue weighted by atomic mass is 10.1. The van der Waals surface area contributed by atoms with E-state index in [1.54, 1.807) is 6.20 Å². The molecule has 2 aromatic rings. The summed E-state index contributed by atoms with van der Waals surface area (Å²) in [4.78, 5) is 7.32. The molecule has 0 aromatic carbocycles. The molecule has 18 heavy (non-hydrogen) atoms. The van der Waals surface area contributed by atoms with E-state index < -0.39 is 0 Å². The zero-order chi connectivity index (χ0) is 13.1. The van der Waals surface area contributed by atoms with Crippen LogP contribution < -0.4 is 5.32 Å². The number of H-pyrrole nitrogens is 1. The maximum absolute atomic E-state index is 4.45. The monoisotopic (exact) mass is 247 g/mol. The molecule has 2 aromatic heterocycles. The lowest BCUT2D eigenvalue weighted by molar-refractivity contribution is 0.566. The normalized spacial score (nSPS) is 12.9. The smallest absolute Gasteiger partial charge is 0.107 e. The number of rotatable bonds is 5. The number of hydrogen-bond acceptors (Lipinski definition) is 3. The molecule has 2 heterocycles. The first-order chi connectivity index (χ1) is 8.59. The van der Waals surface area contributed by atoms with Crippen LogP contribution >= 0.6 is 0 Å². The van der Waals surface area contributed by atoms with E-state index >= 15 is 0 Å². The second kappa shape index (κ2) is 5.35. The minimum absolute atomic E-state index is 0.314. The maximum Gasteiger partial charge on any atom is 0.107 e. The third-order valence-corrected chi connectivity index (χ3v) is 3.37. The van der Waals surface area contributed by atoms with Crippen molar-refractivity contribution in [3.63, 3.8) is 0 Å². The molecule has 2 rings (SSSR count). The highest BCUT2D eigenvalue weighted by molar-refractivity contribution is 5.27. The third-order valence-electron chi connectivity index (χ3n) is 3.37. The van der Waals surface area contributed by atoms with Crippen molar-refractivity contribution >= 4 is 0 Å². The summed E-state index contributed by atoms with van der Waals surface area (Å²) in [5.41, 5.74) is 3.63. The number of nitrogens with one attached hydrogen (secondary N) is 2. The molecule has 98 valence electrons. The summed E-state index contributed by atoms with van der Waals surface area (Å²) in [6.07, 6.45) is 4.55. The summed E-state index contributed by atoms with van der Waals surface area (Å²) < 4.78 is 1.94. The molecular formula is C13H21N5. The van der Waals surface area contributed by atoms with Gasteiger partial charge in [0.25, 0.3) is 0 Å². The number of nitrogens with zero attached hydrogens (tertiary/aromatic N) is 3. The molecule has 0 radical (unpaired) electrons. The van der Waals surface area contributed by atoms with Crippen LogP contribution in [0.3, 0.4) is 0 Å². The number of hydrogen-bond donors (Lipinski definition) is 2. The van der Waals surface area contributed by atoms with E-state index in [4.69, 9.17) is 0 Å². The minimum Gasteiger partial charge on any atom is -0.349 e. The van der Waals surface area contributed by atoms with Crippen molar-refractivity contribution in [2.75, 3.05) is 6.54 Å². The van der Waals surface area contributed by atoms with Gasteiger partial charge in [-0.15, -0.1) is 0 Å². The molecule has 0 aliphatic rings. The van der Waals surface area contributed by atoms with Gasteiger partial charge in [0.15, 0.2) is 0 Å². The van der Waals surface area contributed by atoms with E-state index in [1.807, 2.05) is 17.9 Å². The van der Waals surface area contributed by atoms with E-state index in [0.717, 1.165) is 24.5 Å². The first-order valence-electron chi connectivity index (χ1n) is 6.31. The van der Waals surface area contributed by atoms with Crippen LogP contribution in [0.15, 0.2) is 12.4 Å². The predicted molar refractivity (Wildman–Crippen MR) is 71.4 cm³/mol. The van der Waals surface area contributed by atoms with Gasteiger partial charge in [-0.3, -0.25) is 4.68 Å². The van der Waals surface area contributed by atoms with Gasteiger partial charge in [0.1, 0.15) is 5.82 Å². The molecule has 0 bridgehead atoms. The van der Waals surface area contributed by atoms with Gasteiger partial charge in [0, 0.05) is 49.7 Å². The van der Waals surface area contributed by atoms with Crippen LogP contribution in [0.4, 0.5) is 0 Å². The van der Waals surface area contributed by atoms with Crippen LogP contribution in [-0.4, -0.2) is 26.3 Å². The highest BCUT2D eigenvalue weighted by Gasteiger charge is 2.15. The fraction of sp³-hybridized carbons (Fsp3) is 0.538. The van der Waals surface area contributed by atoms with Crippen molar-refractivity contribution in [1.29, 1.82) is 0 Å². The zero-order valence-electron chi connectivity index (χ0n) is 11.5. The Morgan fingerprint density at radius 1 is 1.44 bits per heavy atom. The van der Waals surface area contributed by atoms with Crippen molar-refractivity contribution in [3.8, 4) is 0 Å². The molecule has 5 nitrogen and oxygen atoms in total. The van der Waals surface area contributed by atoms with Gasteiger partial charge in [0.05, 0.1) is 5.69 Å². The molecule has 0 aliphatic carbocycles. The highest BCUT2D eigenvalue weighted by Crippen LogP contribution is 2.20. The maximum atomic E-state index is 4.45. The number of aromatic nitrogens is 4. The summed E-state index contributed by atoms with van der Waals surface area (Å²) in [5, 5.41) is 7.97. The Kier molecular flexibility index (Phi) is 3.81. The van der Waals surface area contributed by atoms with E-state index in [0.29, 0.717) is 6.04 Å². The van der Waals surface area contributed by atoms with Gasteiger partial charge in [-0.1, -0.05) is 0 Å². The molecule has 0 aliphatic heterocycles. The first kappa shape index (κ1) is 12.8. The summed E-state index contributed by atoms with van der Waals surface area (Å²) in [6, 6.07) is 0.314. The largest absolute Gasteiger partial charge is 0.349 e.